The first-order valence-corrected chi connectivity index (χ1v) is 7.83. The van der Waals surface area contributed by atoms with Crippen LogP contribution in [0.25, 0.3) is 0 Å². The number of carbonyl (C=O) groups excluding carboxylic acids is 1. The number of hydrogen-bond acceptors (Lipinski definition) is 5. The van der Waals surface area contributed by atoms with Crippen LogP contribution in [0.2, 0.25) is 0 Å². The summed E-state index contributed by atoms with van der Waals surface area (Å²) in [5, 5.41) is 17.1. The number of aromatic nitrogens is 2. The van der Waals surface area contributed by atoms with Crippen LogP contribution in [-0.2, 0) is 17.8 Å². The number of hydrogen-bond donors (Lipinski definition) is 1. The number of anilines is 1. The monoisotopic (exact) mass is 329 g/mol. The van der Waals surface area contributed by atoms with Gasteiger partial charge in [-0.2, -0.15) is 4.68 Å². The number of para-hydroxylation sites is 1. The van der Waals surface area contributed by atoms with Gasteiger partial charge in [0.25, 0.3) is 0 Å². The van der Waals surface area contributed by atoms with Gasteiger partial charge in [-0.1, -0.05) is 18.2 Å². The lowest BCUT2D eigenvalue weighted by Crippen LogP contribution is -2.38. The highest BCUT2D eigenvalue weighted by Gasteiger charge is 2.24. The maximum Gasteiger partial charge on any atom is 0.389 e. The van der Waals surface area contributed by atoms with Crippen molar-refractivity contribution in [3.05, 3.63) is 52.2 Å². The molecule has 24 heavy (non-hydrogen) atoms. The van der Waals surface area contributed by atoms with Gasteiger partial charge in [0, 0.05) is 24.8 Å². The molecule has 0 fully saturated rings. The number of amides is 1. The quantitative estimate of drug-likeness (QED) is 0.638. The molecule has 0 saturated carbocycles. The molecule has 1 aromatic carbocycles. The Balaban J connectivity index is 1.49. The number of benzene rings is 1. The second kappa shape index (κ2) is 6.69. The molecule has 0 bridgehead atoms. The van der Waals surface area contributed by atoms with Crippen LogP contribution in [0.1, 0.15) is 12.5 Å². The fraction of sp³-hybridized carbons (Fsp3) is 0.375. The highest BCUT2D eigenvalue weighted by Crippen LogP contribution is 2.31. The van der Waals surface area contributed by atoms with Gasteiger partial charge >= 0.3 is 5.82 Å². The van der Waals surface area contributed by atoms with Gasteiger partial charge in [-0.15, -0.1) is 0 Å². The summed E-state index contributed by atoms with van der Waals surface area (Å²) in [6.45, 7) is 3.38. The van der Waals surface area contributed by atoms with Crippen LogP contribution in [0.15, 0.2) is 36.5 Å². The maximum absolute atomic E-state index is 11.9. The van der Waals surface area contributed by atoms with E-state index in [1.807, 2.05) is 12.1 Å². The van der Waals surface area contributed by atoms with Crippen LogP contribution in [0.4, 0.5) is 11.5 Å². The molecule has 0 saturated heterocycles. The van der Waals surface area contributed by atoms with E-state index in [0.29, 0.717) is 12.6 Å². The van der Waals surface area contributed by atoms with E-state index in [9.17, 15) is 14.9 Å². The topological polar surface area (TPSA) is 93.3 Å². The second-order valence-corrected chi connectivity index (χ2v) is 5.85. The maximum atomic E-state index is 11.9. The van der Waals surface area contributed by atoms with Gasteiger partial charge in [-0.25, -0.2) is 0 Å². The predicted octanol–water partition coefficient (Wildman–Crippen LogP) is 1.36. The van der Waals surface area contributed by atoms with Crippen molar-refractivity contribution in [3.8, 4) is 0 Å². The molecule has 0 spiro atoms. The number of rotatable bonds is 6. The third-order valence-corrected chi connectivity index (χ3v) is 4.14. The third-order valence-electron chi connectivity index (χ3n) is 4.14. The average Bonchev–Trinajstić information content (AvgIpc) is 3.12. The molecule has 1 aromatic heterocycles. The molecular weight excluding hydrogens is 310 g/mol. The Morgan fingerprint density at radius 2 is 2.21 bits per heavy atom. The van der Waals surface area contributed by atoms with E-state index in [2.05, 4.69) is 34.4 Å². The summed E-state index contributed by atoms with van der Waals surface area (Å²) < 4.78 is 1.27. The highest BCUT2D eigenvalue weighted by molar-refractivity contribution is 5.75. The molecule has 126 valence electrons. The van der Waals surface area contributed by atoms with E-state index in [4.69, 9.17) is 0 Å². The summed E-state index contributed by atoms with van der Waals surface area (Å²) >= 11 is 0. The van der Waals surface area contributed by atoms with Gasteiger partial charge in [0.2, 0.25) is 5.91 Å². The minimum Gasteiger partial charge on any atom is -0.367 e. The van der Waals surface area contributed by atoms with E-state index in [1.54, 1.807) is 0 Å². The smallest absolute Gasteiger partial charge is 0.367 e. The van der Waals surface area contributed by atoms with Crippen molar-refractivity contribution in [2.75, 3.05) is 18.0 Å². The fourth-order valence-corrected chi connectivity index (χ4v) is 3.03. The van der Waals surface area contributed by atoms with Gasteiger partial charge in [-0.05, 0) is 29.9 Å². The molecule has 2 aromatic rings. The van der Waals surface area contributed by atoms with Gasteiger partial charge in [0.1, 0.15) is 6.54 Å². The molecule has 2 heterocycles. The zero-order valence-corrected chi connectivity index (χ0v) is 13.4. The predicted molar refractivity (Wildman–Crippen MR) is 88.8 cm³/mol. The van der Waals surface area contributed by atoms with Gasteiger partial charge in [0.15, 0.2) is 0 Å². The van der Waals surface area contributed by atoms with Crippen LogP contribution in [0.3, 0.4) is 0 Å². The highest BCUT2D eigenvalue weighted by atomic mass is 16.6. The van der Waals surface area contributed by atoms with Crippen LogP contribution >= 0.6 is 0 Å². The summed E-state index contributed by atoms with van der Waals surface area (Å²) in [7, 11) is 0. The Kier molecular flexibility index (Phi) is 4.45. The molecule has 0 radical (unpaired) electrons. The largest absolute Gasteiger partial charge is 0.389 e. The summed E-state index contributed by atoms with van der Waals surface area (Å²) in [5.74, 6) is -0.474. The van der Waals surface area contributed by atoms with Crippen LogP contribution < -0.4 is 10.2 Å². The van der Waals surface area contributed by atoms with Gasteiger partial charge in [-0.3, -0.25) is 4.79 Å². The molecule has 3 rings (SSSR count). The van der Waals surface area contributed by atoms with Crippen molar-refractivity contribution in [3.63, 3.8) is 0 Å². The average molecular weight is 329 g/mol. The Hall–Kier alpha value is -2.90. The van der Waals surface area contributed by atoms with E-state index in [-0.39, 0.29) is 18.3 Å². The zero-order valence-electron chi connectivity index (χ0n) is 13.4. The Labute approximate surface area is 139 Å². The fourth-order valence-electron chi connectivity index (χ4n) is 3.03. The minimum atomic E-state index is -0.583. The van der Waals surface area contributed by atoms with Crippen LogP contribution in [0.5, 0.6) is 0 Å². The summed E-state index contributed by atoms with van der Waals surface area (Å²) in [4.78, 5) is 24.2. The summed E-state index contributed by atoms with van der Waals surface area (Å²) in [5.41, 5.74) is 2.56. The van der Waals surface area contributed by atoms with Crippen molar-refractivity contribution in [1.82, 2.24) is 15.1 Å². The van der Waals surface area contributed by atoms with E-state index in [1.165, 1.54) is 28.2 Å². The summed E-state index contributed by atoms with van der Waals surface area (Å²) in [6, 6.07) is 9.98. The number of nitro groups is 1. The lowest BCUT2D eigenvalue weighted by atomic mass is 10.1. The first-order valence-electron chi connectivity index (χ1n) is 7.83. The molecule has 0 aliphatic carbocycles. The normalized spacial score (nSPS) is 16.0. The third kappa shape index (κ3) is 3.37. The van der Waals surface area contributed by atoms with Crippen LogP contribution in [-0.4, -0.2) is 39.7 Å². The molecule has 8 heteroatoms. The minimum absolute atomic E-state index is 0.0278. The lowest BCUT2D eigenvalue weighted by molar-refractivity contribution is -0.389. The van der Waals surface area contributed by atoms with Crippen LogP contribution in [0, 0.1) is 10.1 Å². The SMILES string of the molecule is CC1Cc2ccccc2N1CCNC(=O)Cn1ccc([N+](=O)[O-])n1. The Morgan fingerprint density at radius 1 is 1.42 bits per heavy atom. The van der Waals surface area contributed by atoms with Crippen molar-refractivity contribution in [1.29, 1.82) is 0 Å². The van der Waals surface area contributed by atoms with Crippen molar-refractivity contribution in [2.45, 2.75) is 25.9 Å². The Bertz CT molecular complexity index is 758. The standard InChI is InChI=1S/C16H19N5O3/c1-12-10-13-4-2-3-5-14(13)20(12)9-7-17-16(22)11-19-8-6-15(18-19)21(23)24/h2-6,8,12H,7,9-11H2,1H3,(H,17,22). The lowest BCUT2D eigenvalue weighted by Gasteiger charge is -2.24. The number of nitrogens with zero attached hydrogens (tertiary/aromatic N) is 4. The van der Waals surface area contributed by atoms with Gasteiger partial charge < -0.3 is 20.3 Å². The molecule has 8 nitrogen and oxygen atoms in total. The van der Waals surface area contributed by atoms with E-state index in [0.717, 1.165) is 13.0 Å². The van der Waals surface area contributed by atoms with Crippen molar-refractivity contribution < 1.29 is 9.72 Å². The first kappa shape index (κ1) is 16.0. The van der Waals surface area contributed by atoms with Crippen molar-refractivity contribution in [2.24, 2.45) is 0 Å². The number of fused-ring (bicyclic) bond motifs is 1. The number of carbonyl (C=O) groups is 1. The second-order valence-electron chi connectivity index (χ2n) is 5.85. The Morgan fingerprint density at radius 3 is 2.96 bits per heavy atom. The molecule has 1 N–H and O–H groups in total. The molecule has 1 aliphatic heterocycles. The van der Waals surface area contributed by atoms with E-state index >= 15 is 0 Å². The van der Waals surface area contributed by atoms with Crippen molar-refractivity contribution >= 4 is 17.4 Å². The summed E-state index contributed by atoms with van der Waals surface area (Å²) in [6.07, 6.45) is 2.44. The molecule has 1 unspecified atom stereocenters. The molecule has 1 atom stereocenters. The van der Waals surface area contributed by atoms with Gasteiger partial charge in [0.05, 0.1) is 17.4 Å². The zero-order chi connectivity index (χ0) is 17.1. The van der Waals surface area contributed by atoms with E-state index < -0.39 is 4.92 Å². The molecule has 1 amide bonds. The first-order chi connectivity index (χ1) is 11.5. The molecule has 1 aliphatic rings. The number of nitrogens with one attached hydrogen (secondary N) is 1. The molecular formula is C16H19N5O3.